The topological polar surface area (TPSA) is 12.5 Å². The van der Waals surface area contributed by atoms with Crippen LogP contribution in [0.5, 0.6) is 5.75 Å². The Morgan fingerprint density at radius 1 is 0.923 bits per heavy atom. The first-order chi connectivity index (χ1) is 12.7. The molecular weight excluding hydrogens is 433 g/mol. The molecule has 3 aromatic carbocycles. The SMILES string of the molecule is COc1ccc(CN(C)/C(=C/c2ccccc2I)c2ccccc2)cc1. The number of methoxy groups -OCH3 is 1. The summed E-state index contributed by atoms with van der Waals surface area (Å²) in [5.41, 5.74) is 4.89. The van der Waals surface area contributed by atoms with Gasteiger partial charge in [0.15, 0.2) is 0 Å². The molecule has 0 bridgehead atoms. The summed E-state index contributed by atoms with van der Waals surface area (Å²) in [7, 11) is 3.83. The fraction of sp³-hybridized carbons (Fsp3) is 0.130. The second kappa shape index (κ2) is 8.90. The summed E-state index contributed by atoms with van der Waals surface area (Å²) >= 11 is 2.39. The molecule has 0 aromatic heterocycles. The lowest BCUT2D eigenvalue weighted by Crippen LogP contribution is -2.16. The molecule has 0 unspecified atom stereocenters. The minimum atomic E-state index is 0.828. The smallest absolute Gasteiger partial charge is 0.118 e. The van der Waals surface area contributed by atoms with Crippen molar-refractivity contribution in [2.45, 2.75) is 6.54 Å². The first kappa shape index (κ1) is 18.5. The molecule has 3 heteroatoms. The van der Waals surface area contributed by atoms with E-state index in [1.807, 2.05) is 12.1 Å². The molecule has 0 atom stereocenters. The summed E-state index contributed by atoms with van der Waals surface area (Å²) in [4.78, 5) is 2.29. The van der Waals surface area contributed by atoms with Crippen LogP contribution < -0.4 is 4.74 Å². The average molecular weight is 455 g/mol. The molecule has 132 valence electrons. The molecule has 0 fully saturated rings. The number of rotatable bonds is 6. The van der Waals surface area contributed by atoms with Crippen molar-refractivity contribution in [1.29, 1.82) is 0 Å². The Morgan fingerprint density at radius 2 is 1.58 bits per heavy atom. The Morgan fingerprint density at radius 3 is 2.23 bits per heavy atom. The maximum atomic E-state index is 5.26. The van der Waals surface area contributed by atoms with Gasteiger partial charge in [0.2, 0.25) is 0 Å². The van der Waals surface area contributed by atoms with Crippen molar-refractivity contribution in [3.63, 3.8) is 0 Å². The molecule has 26 heavy (non-hydrogen) atoms. The fourth-order valence-electron chi connectivity index (χ4n) is 2.85. The second-order valence-electron chi connectivity index (χ2n) is 6.12. The lowest BCUT2D eigenvalue weighted by Gasteiger charge is -2.24. The number of halogens is 1. The highest BCUT2D eigenvalue weighted by Gasteiger charge is 2.10. The van der Waals surface area contributed by atoms with Crippen LogP contribution in [0.15, 0.2) is 78.9 Å². The van der Waals surface area contributed by atoms with Gasteiger partial charge in [0.25, 0.3) is 0 Å². The molecule has 3 aromatic rings. The summed E-state index contributed by atoms with van der Waals surface area (Å²) in [6.07, 6.45) is 2.26. The maximum Gasteiger partial charge on any atom is 0.118 e. The van der Waals surface area contributed by atoms with Gasteiger partial charge in [-0.15, -0.1) is 0 Å². The predicted octanol–water partition coefficient (Wildman–Crippen LogP) is 5.93. The van der Waals surface area contributed by atoms with Gasteiger partial charge in [-0.3, -0.25) is 0 Å². The van der Waals surface area contributed by atoms with Crippen molar-refractivity contribution < 1.29 is 4.74 Å². The van der Waals surface area contributed by atoms with Crippen molar-refractivity contribution in [2.75, 3.05) is 14.2 Å². The highest BCUT2D eigenvalue weighted by Crippen LogP contribution is 2.25. The van der Waals surface area contributed by atoms with Crippen molar-refractivity contribution in [1.82, 2.24) is 4.90 Å². The van der Waals surface area contributed by atoms with Gasteiger partial charge in [-0.25, -0.2) is 0 Å². The van der Waals surface area contributed by atoms with Gasteiger partial charge in [-0.2, -0.15) is 0 Å². The lowest BCUT2D eigenvalue weighted by molar-refractivity contribution is 0.414. The molecule has 0 aliphatic rings. The molecule has 2 nitrogen and oxygen atoms in total. The molecule has 0 radical (unpaired) electrons. The number of nitrogens with zero attached hydrogens (tertiary/aromatic N) is 1. The monoisotopic (exact) mass is 455 g/mol. The van der Waals surface area contributed by atoms with E-state index in [9.17, 15) is 0 Å². The van der Waals surface area contributed by atoms with Gasteiger partial charge in [0, 0.05) is 22.9 Å². The summed E-state index contributed by atoms with van der Waals surface area (Å²) < 4.78 is 6.50. The average Bonchev–Trinajstić information content (AvgIpc) is 2.68. The third-order valence-corrected chi connectivity index (χ3v) is 5.24. The Bertz CT molecular complexity index is 872. The minimum Gasteiger partial charge on any atom is -0.497 e. The Kier molecular flexibility index (Phi) is 6.34. The van der Waals surface area contributed by atoms with Crippen LogP contribution in [-0.4, -0.2) is 19.1 Å². The molecule has 0 amide bonds. The first-order valence-electron chi connectivity index (χ1n) is 8.53. The number of ether oxygens (including phenoxy) is 1. The summed E-state index contributed by atoms with van der Waals surface area (Å²) in [6.45, 7) is 0.828. The van der Waals surface area contributed by atoms with Crippen LogP contribution in [0.25, 0.3) is 11.8 Å². The van der Waals surface area contributed by atoms with Crippen LogP contribution in [0.4, 0.5) is 0 Å². The molecule has 0 aliphatic heterocycles. The van der Waals surface area contributed by atoms with Gasteiger partial charge >= 0.3 is 0 Å². The van der Waals surface area contributed by atoms with E-state index in [0.29, 0.717) is 0 Å². The zero-order chi connectivity index (χ0) is 18.4. The predicted molar refractivity (Wildman–Crippen MR) is 118 cm³/mol. The molecule has 0 saturated heterocycles. The van der Waals surface area contributed by atoms with E-state index in [4.69, 9.17) is 4.74 Å². The molecule has 0 N–H and O–H groups in total. The van der Waals surface area contributed by atoms with Crippen molar-refractivity contribution in [3.05, 3.63) is 99.1 Å². The number of hydrogen-bond donors (Lipinski definition) is 0. The van der Waals surface area contributed by atoms with E-state index >= 15 is 0 Å². The molecular formula is C23H22INO. The van der Waals surface area contributed by atoms with E-state index in [1.54, 1.807) is 7.11 Å². The van der Waals surface area contributed by atoms with Crippen molar-refractivity contribution in [2.24, 2.45) is 0 Å². The summed E-state index contributed by atoms with van der Waals surface area (Å²) in [6, 6.07) is 27.2. The van der Waals surface area contributed by atoms with E-state index in [1.165, 1.54) is 26.0 Å². The van der Waals surface area contributed by atoms with Gasteiger partial charge in [-0.05, 0) is 63.6 Å². The standard InChI is InChI=1S/C23H22INO/c1-25(17-18-12-14-21(26-2)15-13-18)23(19-8-4-3-5-9-19)16-20-10-6-7-11-22(20)24/h3-16H,17H2,1-2H3/b23-16+. The Labute approximate surface area is 169 Å². The fourth-order valence-corrected chi connectivity index (χ4v) is 3.40. The zero-order valence-electron chi connectivity index (χ0n) is 15.0. The summed E-state index contributed by atoms with van der Waals surface area (Å²) in [5, 5.41) is 0. The van der Waals surface area contributed by atoms with E-state index in [-0.39, 0.29) is 0 Å². The molecule has 0 heterocycles. The quantitative estimate of drug-likeness (QED) is 0.338. The highest BCUT2D eigenvalue weighted by molar-refractivity contribution is 14.1. The number of benzene rings is 3. The van der Waals surface area contributed by atoms with Crippen molar-refractivity contribution in [3.8, 4) is 5.75 Å². The Balaban J connectivity index is 1.93. The third kappa shape index (κ3) is 4.67. The van der Waals surface area contributed by atoms with Gasteiger partial charge < -0.3 is 9.64 Å². The van der Waals surface area contributed by atoms with Gasteiger partial charge in [-0.1, -0.05) is 60.7 Å². The van der Waals surface area contributed by atoms with Crippen LogP contribution in [0, 0.1) is 3.57 Å². The molecule has 0 aliphatic carbocycles. The first-order valence-corrected chi connectivity index (χ1v) is 9.61. The van der Waals surface area contributed by atoms with E-state index in [2.05, 4.69) is 107 Å². The molecule has 0 spiro atoms. The van der Waals surface area contributed by atoms with E-state index in [0.717, 1.165) is 12.3 Å². The third-order valence-electron chi connectivity index (χ3n) is 4.26. The van der Waals surface area contributed by atoms with Gasteiger partial charge in [0.1, 0.15) is 5.75 Å². The van der Waals surface area contributed by atoms with Crippen LogP contribution >= 0.6 is 22.6 Å². The maximum absolute atomic E-state index is 5.26. The summed E-state index contributed by atoms with van der Waals surface area (Å²) in [5.74, 6) is 0.883. The Hall–Kier alpha value is -2.27. The van der Waals surface area contributed by atoms with Crippen LogP contribution in [0.2, 0.25) is 0 Å². The minimum absolute atomic E-state index is 0.828. The molecule has 0 saturated carbocycles. The lowest BCUT2D eigenvalue weighted by atomic mass is 10.1. The van der Waals surface area contributed by atoms with Crippen LogP contribution in [-0.2, 0) is 6.54 Å². The second-order valence-corrected chi connectivity index (χ2v) is 7.28. The highest BCUT2D eigenvalue weighted by atomic mass is 127. The van der Waals surface area contributed by atoms with Crippen LogP contribution in [0.3, 0.4) is 0 Å². The largest absolute Gasteiger partial charge is 0.497 e. The van der Waals surface area contributed by atoms with Gasteiger partial charge in [0.05, 0.1) is 7.11 Å². The molecule has 3 rings (SSSR count). The van der Waals surface area contributed by atoms with E-state index < -0.39 is 0 Å². The normalized spacial score (nSPS) is 11.3. The number of hydrogen-bond acceptors (Lipinski definition) is 2. The van der Waals surface area contributed by atoms with Crippen LogP contribution in [0.1, 0.15) is 16.7 Å². The zero-order valence-corrected chi connectivity index (χ0v) is 17.2. The van der Waals surface area contributed by atoms with Crippen molar-refractivity contribution >= 4 is 34.4 Å².